The van der Waals surface area contributed by atoms with Crippen molar-refractivity contribution in [3.8, 4) is 0 Å². The number of nitrogens with zero attached hydrogens (tertiary/aromatic N) is 1. The quantitative estimate of drug-likeness (QED) is 0.790. The van der Waals surface area contributed by atoms with Crippen LogP contribution >= 0.6 is 0 Å². The van der Waals surface area contributed by atoms with Crippen LogP contribution in [-0.4, -0.2) is 29.8 Å². The molecular formula is C14H21N3O2. The van der Waals surface area contributed by atoms with E-state index in [4.69, 9.17) is 11.5 Å². The molecule has 0 aliphatic heterocycles. The molecule has 0 radical (unpaired) electrons. The summed E-state index contributed by atoms with van der Waals surface area (Å²) in [6.07, 6.45) is 0. The lowest BCUT2D eigenvalue weighted by molar-refractivity contribution is -0.137. The van der Waals surface area contributed by atoms with E-state index in [0.29, 0.717) is 6.54 Å². The molecule has 0 aliphatic carbocycles. The summed E-state index contributed by atoms with van der Waals surface area (Å²) in [6, 6.07) is 8.32. The molecule has 104 valence electrons. The third-order valence-corrected chi connectivity index (χ3v) is 2.67. The average molecular weight is 263 g/mol. The van der Waals surface area contributed by atoms with Gasteiger partial charge in [-0.3, -0.25) is 9.59 Å². The second-order valence-corrected chi connectivity index (χ2v) is 4.97. The molecule has 0 aromatic heterocycles. The highest BCUT2D eigenvalue weighted by molar-refractivity contribution is 5.87. The molecule has 0 fully saturated rings. The standard InChI is InChI=1S/C14H21N3O2/c1-10(2)8-17(9-12(15)18)14(19)13(16)11-6-4-3-5-7-11/h3-7,10,13H,8-9,16H2,1-2H3,(H2,15,18)/t13-/m0/s1. The third kappa shape index (κ3) is 4.71. The molecule has 19 heavy (non-hydrogen) atoms. The molecule has 0 saturated heterocycles. The van der Waals surface area contributed by atoms with Crippen LogP contribution in [0.1, 0.15) is 25.5 Å². The van der Waals surface area contributed by atoms with Gasteiger partial charge in [-0.1, -0.05) is 44.2 Å². The van der Waals surface area contributed by atoms with Crippen LogP contribution in [0.15, 0.2) is 30.3 Å². The lowest BCUT2D eigenvalue weighted by atomic mass is 10.1. The van der Waals surface area contributed by atoms with Crippen molar-refractivity contribution >= 4 is 11.8 Å². The van der Waals surface area contributed by atoms with Crippen molar-refractivity contribution in [1.82, 2.24) is 4.90 Å². The molecule has 0 heterocycles. The molecule has 1 atom stereocenters. The molecule has 5 heteroatoms. The van der Waals surface area contributed by atoms with Crippen LogP contribution in [-0.2, 0) is 9.59 Å². The number of primary amides is 1. The highest BCUT2D eigenvalue weighted by Crippen LogP contribution is 2.13. The summed E-state index contributed by atoms with van der Waals surface area (Å²) in [7, 11) is 0. The van der Waals surface area contributed by atoms with Gasteiger partial charge in [0.15, 0.2) is 0 Å². The summed E-state index contributed by atoms with van der Waals surface area (Å²) in [5.41, 5.74) is 11.8. The Kier molecular flexibility index (Phi) is 5.51. The first-order valence-corrected chi connectivity index (χ1v) is 6.29. The highest BCUT2D eigenvalue weighted by Gasteiger charge is 2.24. The molecule has 4 N–H and O–H groups in total. The van der Waals surface area contributed by atoms with E-state index in [-0.39, 0.29) is 18.4 Å². The number of amides is 2. The summed E-state index contributed by atoms with van der Waals surface area (Å²) >= 11 is 0. The fourth-order valence-electron chi connectivity index (χ4n) is 1.86. The maximum absolute atomic E-state index is 12.3. The zero-order valence-corrected chi connectivity index (χ0v) is 11.4. The lowest BCUT2D eigenvalue weighted by Gasteiger charge is -2.26. The second-order valence-electron chi connectivity index (χ2n) is 4.97. The van der Waals surface area contributed by atoms with Crippen LogP contribution in [0.4, 0.5) is 0 Å². The number of carbonyl (C=O) groups excluding carboxylic acids is 2. The van der Waals surface area contributed by atoms with Gasteiger partial charge in [-0.25, -0.2) is 0 Å². The van der Waals surface area contributed by atoms with Gasteiger partial charge in [-0.05, 0) is 11.5 Å². The summed E-state index contributed by atoms with van der Waals surface area (Å²) < 4.78 is 0. The molecule has 1 rings (SSSR count). The summed E-state index contributed by atoms with van der Waals surface area (Å²) in [5.74, 6) is -0.570. The van der Waals surface area contributed by atoms with Crippen LogP contribution in [0.5, 0.6) is 0 Å². The highest BCUT2D eigenvalue weighted by atomic mass is 16.2. The molecule has 2 amide bonds. The Morgan fingerprint density at radius 2 is 1.79 bits per heavy atom. The van der Waals surface area contributed by atoms with Crippen LogP contribution in [0.3, 0.4) is 0 Å². The number of hydrogen-bond acceptors (Lipinski definition) is 3. The normalized spacial score (nSPS) is 12.2. The van der Waals surface area contributed by atoms with Crippen molar-refractivity contribution < 1.29 is 9.59 Å². The Labute approximate surface area is 113 Å². The van der Waals surface area contributed by atoms with Crippen LogP contribution in [0.25, 0.3) is 0 Å². The van der Waals surface area contributed by atoms with Crippen molar-refractivity contribution in [2.75, 3.05) is 13.1 Å². The fraction of sp³-hybridized carbons (Fsp3) is 0.429. The molecule has 0 spiro atoms. The van der Waals surface area contributed by atoms with E-state index in [1.54, 1.807) is 12.1 Å². The average Bonchev–Trinajstić information content (AvgIpc) is 2.36. The van der Waals surface area contributed by atoms with E-state index in [1.807, 2.05) is 32.0 Å². The number of nitrogens with two attached hydrogens (primary N) is 2. The number of carbonyl (C=O) groups is 2. The van der Waals surface area contributed by atoms with Crippen molar-refractivity contribution in [2.24, 2.45) is 17.4 Å². The van der Waals surface area contributed by atoms with E-state index in [9.17, 15) is 9.59 Å². The maximum atomic E-state index is 12.3. The summed E-state index contributed by atoms with van der Waals surface area (Å²) in [5, 5.41) is 0. The fourth-order valence-corrected chi connectivity index (χ4v) is 1.86. The minimum atomic E-state index is -0.765. The predicted octanol–water partition coefficient (Wildman–Crippen LogP) is 0.656. The van der Waals surface area contributed by atoms with E-state index < -0.39 is 11.9 Å². The Balaban J connectivity index is 2.83. The van der Waals surface area contributed by atoms with Crippen molar-refractivity contribution in [1.29, 1.82) is 0 Å². The zero-order chi connectivity index (χ0) is 14.4. The first-order valence-electron chi connectivity index (χ1n) is 6.29. The Bertz CT molecular complexity index is 432. The van der Waals surface area contributed by atoms with Gasteiger partial charge in [0.2, 0.25) is 11.8 Å². The Hall–Kier alpha value is -1.88. The molecule has 0 unspecified atom stereocenters. The molecule has 0 bridgehead atoms. The topological polar surface area (TPSA) is 89.4 Å². The van der Waals surface area contributed by atoms with Gasteiger partial charge in [0, 0.05) is 6.54 Å². The van der Waals surface area contributed by atoms with Gasteiger partial charge in [0.25, 0.3) is 0 Å². The van der Waals surface area contributed by atoms with Gasteiger partial charge in [-0.2, -0.15) is 0 Å². The molecule has 0 aliphatic rings. The number of benzene rings is 1. The van der Waals surface area contributed by atoms with Crippen molar-refractivity contribution in [2.45, 2.75) is 19.9 Å². The van der Waals surface area contributed by atoms with E-state index in [0.717, 1.165) is 5.56 Å². The molecule has 1 aromatic carbocycles. The van der Waals surface area contributed by atoms with Gasteiger partial charge in [-0.15, -0.1) is 0 Å². The molecule has 1 aromatic rings. The molecule has 5 nitrogen and oxygen atoms in total. The summed E-state index contributed by atoms with van der Waals surface area (Å²) in [4.78, 5) is 24.8. The van der Waals surface area contributed by atoms with Crippen molar-refractivity contribution in [3.63, 3.8) is 0 Å². The first kappa shape index (κ1) is 15.2. The maximum Gasteiger partial charge on any atom is 0.244 e. The monoisotopic (exact) mass is 263 g/mol. The first-order chi connectivity index (χ1) is 8.91. The zero-order valence-electron chi connectivity index (χ0n) is 11.4. The largest absolute Gasteiger partial charge is 0.368 e. The lowest BCUT2D eigenvalue weighted by Crippen LogP contribution is -2.44. The van der Waals surface area contributed by atoms with Gasteiger partial charge < -0.3 is 16.4 Å². The van der Waals surface area contributed by atoms with E-state index in [2.05, 4.69) is 0 Å². The van der Waals surface area contributed by atoms with Gasteiger partial charge in [0.1, 0.15) is 6.04 Å². The van der Waals surface area contributed by atoms with Gasteiger partial charge >= 0.3 is 0 Å². The van der Waals surface area contributed by atoms with E-state index in [1.165, 1.54) is 4.90 Å². The third-order valence-electron chi connectivity index (χ3n) is 2.67. The van der Waals surface area contributed by atoms with Crippen LogP contribution in [0.2, 0.25) is 0 Å². The van der Waals surface area contributed by atoms with Crippen LogP contribution < -0.4 is 11.5 Å². The minimum absolute atomic E-state index is 0.0997. The Morgan fingerprint density at radius 3 is 2.26 bits per heavy atom. The number of hydrogen-bond donors (Lipinski definition) is 2. The minimum Gasteiger partial charge on any atom is -0.368 e. The molecule has 0 saturated carbocycles. The predicted molar refractivity (Wildman–Crippen MR) is 74.0 cm³/mol. The Morgan fingerprint density at radius 1 is 1.21 bits per heavy atom. The second kappa shape index (κ2) is 6.89. The smallest absolute Gasteiger partial charge is 0.244 e. The SMILES string of the molecule is CC(C)CN(CC(N)=O)C(=O)[C@@H](N)c1ccccc1. The molecular weight excluding hydrogens is 242 g/mol. The van der Waals surface area contributed by atoms with Gasteiger partial charge in [0.05, 0.1) is 6.54 Å². The van der Waals surface area contributed by atoms with E-state index >= 15 is 0 Å². The van der Waals surface area contributed by atoms with Crippen LogP contribution in [0, 0.1) is 5.92 Å². The summed E-state index contributed by atoms with van der Waals surface area (Å²) in [6.45, 7) is 4.30. The van der Waals surface area contributed by atoms with Crippen molar-refractivity contribution in [3.05, 3.63) is 35.9 Å². The number of rotatable bonds is 6.